The number of benzene rings is 1. The number of pyridine rings is 1. The average molecular weight is 435 g/mol. The Labute approximate surface area is 188 Å². The summed E-state index contributed by atoms with van der Waals surface area (Å²) in [6, 6.07) is 8.39. The predicted molar refractivity (Wildman–Crippen MR) is 124 cm³/mol. The van der Waals surface area contributed by atoms with Crippen molar-refractivity contribution >= 4 is 16.6 Å². The maximum Gasteiger partial charge on any atom is 0.141 e. The summed E-state index contributed by atoms with van der Waals surface area (Å²) >= 11 is 0. The largest absolute Gasteiger partial charge is 0.331 e. The number of aromatic nitrogens is 3. The zero-order valence-corrected chi connectivity index (χ0v) is 18.9. The van der Waals surface area contributed by atoms with Crippen LogP contribution < -0.4 is 0 Å². The number of hydrogen-bond acceptors (Lipinski definition) is 4. The lowest BCUT2D eigenvalue weighted by molar-refractivity contribution is -0.123. The van der Waals surface area contributed by atoms with Crippen molar-refractivity contribution in [3.8, 4) is 11.3 Å². The number of aryl methyl sites for hydroxylation is 1. The Balaban J connectivity index is 1.23. The number of carbonyl (C=O) groups is 1. The lowest BCUT2D eigenvalue weighted by Crippen LogP contribution is -2.50. The topological polar surface area (TPSA) is 51.0 Å². The van der Waals surface area contributed by atoms with Gasteiger partial charge in [0.1, 0.15) is 17.8 Å². The minimum atomic E-state index is -0.633. The highest BCUT2D eigenvalue weighted by atomic mass is 19.1. The van der Waals surface area contributed by atoms with Gasteiger partial charge in [0.05, 0.1) is 11.9 Å². The molecule has 5 nitrogen and oxygen atoms in total. The lowest BCUT2D eigenvalue weighted by atomic mass is 9.78. The number of nitrogens with zero attached hydrogens (tertiary/aromatic N) is 4. The smallest absolute Gasteiger partial charge is 0.141 e. The number of likely N-dealkylation sites (tertiary alicyclic amines) is 1. The summed E-state index contributed by atoms with van der Waals surface area (Å²) in [6.45, 7) is 4.17. The van der Waals surface area contributed by atoms with Crippen LogP contribution in [0.5, 0.6) is 0 Å². The molecule has 0 N–H and O–H groups in total. The first-order valence-corrected chi connectivity index (χ1v) is 11.7. The van der Waals surface area contributed by atoms with Gasteiger partial charge in [-0.1, -0.05) is 12.1 Å². The summed E-state index contributed by atoms with van der Waals surface area (Å²) in [5, 5.41) is 2.18. The fourth-order valence-corrected chi connectivity index (χ4v) is 5.22. The molecule has 1 aliphatic heterocycles. The number of rotatable bonds is 6. The molecule has 32 heavy (non-hydrogen) atoms. The van der Waals surface area contributed by atoms with Crippen molar-refractivity contribution in [1.29, 1.82) is 0 Å². The van der Waals surface area contributed by atoms with Gasteiger partial charge in [0, 0.05) is 61.9 Å². The Bertz CT molecular complexity index is 1130. The van der Waals surface area contributed by atoms with Crippen LogP contribution >= 0.6 is 0 Å². The second-order valence-corrected chi connectivity index (χ2v) is 9.66. The summed E-state index contributed by atoms with van der Waals surface area (Å²) in [6.07, 6.45) is 7.59. The zero-order chi connectivity index (χ0) is 22.2. The highest BCUT2D eigenvalue weighted by molar-refractivity contribution is 5.88. The van der Waals surface area contributed by atoms with E-state index in [9.17, 15) is 9.18 Å². The number of imidazole rings is 1. The SMILES string of the molecule is Cc1ncc(-c2ccc3cnc(CC(=O)C4CCC(CN5CC(F)C5)CC4)cc3c2)n1C. The molecule has 1 saturated heterocycles. The monoisotopic (exact) mass is 434 g/mol. The second-order valence-electron chi connectivity index (χ2n) is 9.66. The van der Waals surface area contributed by atoms with E-state index in [1.54, 1.807) is 0 Å². The van der Waals surface area contributed by atoms with E-state index in [2.05, 4.69) is 43.7 Å². The first-order valence-electron chi connectivity index (χ1n) is 11.7. The van der Waals surface area contributed by atoms with E-state index in [1.165, 1.54) is 0 Å². The Hall–Kier alpha value is -2.60. The van der Waals surface area contributed by atoms with Crippen molar-refractivity contribution in [2.24, 2.45) is 18.9 Å². The van der Waals surface area contributed by atoms with E-state index in [1.807, 2.05) is 26.4 Å². The molecule has 168 valence electrons. The molecule has 0 radical (unpaired) electrons. The standard InChI is InChI=1S/C26H31FN4O/c1-17-28-13-25(30(17)2)20-7-8-21-12-29-24(10-22(21)9-20)11-26(32)19-5-3-18(4-6-19)14-31-15-23(27)16-31/h7-10,12-13,18-19,23H,3-6,11,14-16H2,1-2H3. The molecular weight excluding hydrogens is 403 g/mol. The summed E-state index contributed by atoms with van der Waals surface area (Å²) < 4.78 is 15.1. The van der Waals surface area contributed by atoms with E-state index in [-0.39, 0.29) is 5.92 Å². The third-order valence-electron chi connectivity index (χ3n) is 7.38. The van der Waals surface area contributed by atoms with Crippen molar-refractivity contribution < 1.29 is 9.18 Å². The zero-order valence-electron chi connectivity index (χ0n) is 18.9. The van der Waals surface area contributed by atoms with Crippen molar-refractivity contribution in [3.63, 3.8) is 0 Å². The number of hydrogen-bond donors (Lipinski definition) is 0. The van der Waals surface area contributed by atoms with Crippen LogP contribution in [0.25, 0.3) is 22.0 Å². The molecule has 0 amide bonds. The van der Waals surface area contributed by atoms with Crippen LogP contribution in [-0.4, -0.2) is 51.0 Å². The predicted octanol–water partition coefficient (Wildman–Crippen LogP) is 4.52. The maximum absolute atomic E-state index is 13.0. The third kappa shape index (κ3) is 4.33. The first-order chi connectivity index (χ1) is 15.5. The van der Waals surface area contributed by atoms with Gasteiger partial charge >= 0.3 is 0 Å². The molecule has 0 unspecified atom stereocenters. The molecule has 3 heterocycles. The van der Waals surface area contributed by atoms with Crippen molar-refractivity contribution in [2.75, 3.05) is 19.6 Å². The van der Waals surface area contributed by atoms with Gasteiger partial charge < -0.3 is 4.57 Å². The Kier molecular flexibility index (Phi) is 5.80. The van der Waals surface area contributed by atoms with Crippen molar-refractivity contribution in [1.82, 2.24) is 19.4 Å². The van der Waals surface area contributed by atoms with Gasteiger partial charge in [-0.3, -0.25) is 14.7 Å². The number of carbonyl (C=O) groups excluding carboxylic acids is 1. The van der Waals surface area contributed by atoms with Gasteiger partial charge in [-0.15, -0.1) is 0 Å². The van der Waals surface area contributed by atoms with Gasteiger partial charge in [0.15, 0.2) is 0 Å². The Morgan fingerprint density at radius 1 is 1.06 bits per heavy atom. The normalized spacial score (nSPS) is 22.2. The van der Waals surface area contributed by atoms with E-state index in [0.29, 0.717) is 31.2 Å². The van der Waals surface area contributed by atoms with E-state index in [0.717, 1.165) is 65.8 Å². The van der Waals surface area contributed by atoms with Crippen LogP contribution in [0, 0.1) is 18.8 Å². The average Bonchev–Trinajstić information content (AvgIpc) is 3.11. The summed E-state index contributed by atoms with van der Waals surface area (Å²) in [4.78, 5) is 24.1. The molecule has 0 spiro atoms. The number of ketones is 1. The molecule has 2 aliphatic rings. The molecule has 0 atom stereocenters. The van der Waals surface area contributed by atoms with Crippen LogP contribution in [-0.2, 0) is 18.3 Å². The number of Topliss-reactive ketones (excluding diaryl/α,β-unsaturated/α-hetero) is 1. The van der Waals surface area contributed by atoms with E-state index < -0.39 is 6.17 Å². The van der Waals surface area contributed by atoms with Gasteiger partial charge in [-0.2, -0.15) is 0 Å². The van der Waals surface area contributed by atoms with Gasteiger partial charge in [-0.25, -0.2) is 9.37 Å². The van der Waals surface area contributed by atoms with Crippen LogP contribution in [0.15, 0.2) is 36.7 Å². The van der Waals surface area contributed by atoms with Gasteiger partial charge in [0.2, 0.25) is 0 Å². The van der Waals surface area contributed by atoms with E-state index >= 15 is 0 Å². The molecule has 3 aromatic rings. The van der Waals surface area contributed by atoms with Crippen molar-refractivity contribution in [3.05, 3.63) is 48.2 Å². The highest BCUT2D eigenvalue weighted by Gasteiger charge is 2.31. The number of fused-ring (bicyclic) bond motifs is 1. The van der Waals surface area contributed by atoms with Crippen LogP contribution in [0.1, 0.15) is 37.2 Å². The first kappa shape index (κ1) is 21.3. The van der Waals surface area contributed by atoms with Crippen LogP contribution in [0.4, 0.5) is 4.39 Å². The molecular formula is C26H31FN4O. The molecule has 6 heteroatoms. The molecule has 1 aromatic carbocycles. The third-order valence-corrected chi connectivity index (χ3v) is 7.38. The van der Waals surface area contributed by atoms with Gasteiger partial charge in [-0.05, 0) is 56.0 Å². The fraction of sp³-hybridized carbons (Fsp3) is 0.500. The summed E-state index contributed by atoms with van der Waals surface area (Å²) in [5.74, 6) is 2.03. The summed E-state index contributed by atoms with van der Waals surface area (Å²) in [7, 11) is 2.02. The number of halogens is 1. The lowest BCUT2D eigenvalue weighted by Gasteiger charge is -2.38. The fourth-order valence-electron chi connectivity index (χ4n) is 5.22. The van der Waals surface area contributed by atoms with E-state index in [4.69, 9.17) is 0 Å². The Morgan fingerprint density at radius 2 is 1.84 bits per heavy atom. The molecule has 0 bridgehead atoms. The summed E-state index contributed by atoms with van der Waals surface area (Å²) in [5.41, 5.74) is 3.04. The molecule has 2 aromatic heterocycles. The van der Waals surface area contributed by atoms with Crippen molar-refractivity contribution in [2.45, 2.75) is 45.2 Å². The van der Waals surface area contributed by atoms with Crippen LogP contribution in [0.3, 0.4) is 0 Å². The molecule has 1 aliphatic carbocycles. The maximum atomic E-state index is 13.0. The molecule has 5 rings (SSSR count). The highest BCUT2D eigenvalue weighted by Crippen LogP contribution is 2.32. The second kappa shape index (κ2) is 8.74. The molecule has 1 saturated carbocycles. The minimum absolute atomic E-state index is 0.137. The van der Waals surface area contributed by atoms with Crippen LogP contribution in [0.2, 0.25) is 0 Å². The quantitative estimate of drug-likeness (QED) is 0.573. The van der Waals surface area contributed by atoms with Gasteiger partial charge in [0.25, 0.3) is 0 Å². The Morgan fingerprint density at radius 3 is 2.53 bits per heavy atom. The minimum Gasteiger partial charge on any atom is -0.331 e. The number of alkyl halides is 1. The molecule has 2 fully saturated rings.